The van der Waals surface area contributed by atoms with Crippen molar-refractivity contribution in [3.63, 3.8) is 0 Å². The standard InChI is InChI=1S/C28H27N7.H2/c1-2-34(19-21-13-16-31-17-14-21)18-20-9-11-22(12-10-20)26(29)35-25-8-5-15-32-28(25)33-24-7-4-3-6-23(24)27(35)30;/h3-17,29-30H,2,18-19H2,1H3,(H,32,33);1H. The van der Waals surface area contributed by atoms with Crippen molar-refractivity contribution in [2.75, 3.05) is 16.8 Å². The van der Waals surface area contributed by atoms with Crippen molar-refractivity contribution < 1.29 is 1.43 Å². The fraction of sp³-hybridized carbons (Fsp3) is 0.143. The number of pyridine rings is 2. The molecule has 0 bridgehead atoms. The molecule has 0 fully saturated rings. The summed E-state index contributed by atoms with van der Waals surface area (Å²) in [4.78, 5) is 12.6. The molecule has 0 amide bonds. The highest BCUT2D eigenvalue weighted by Crippen LogP contribution is 2.34. The van der Waals surface area contributed by atoms with Crippen molar-refractivity contribution in [3.05, 3.63) is 114 Å². The topological polar surface area (TPSA) is 92.0 Å². The van der Waals surface area contributed by atoms with Crippen LogP contribution in [0, 0.1) is 10.8 Å². The molecule has 2 aromatic heterocycles. The normalized spacial score (nSPS) is 12.5. The van der Waals surface area contributed by atoms with E-state index < -0.39 is 0 Å². The number of hydrogen-bond donors (Lipinski definition) is 3. The zero-order valence-electron chi connectivity index (χ0n) is 19.6. The van der Waals surface area contributed by atoms with Gasteiger partial charge in [-0.25, -0.2) is 4.98 Å². The van der Waals surface area contributed by atoms with Gasteiger partial charge in [0.05, 0.1) is 11.4 Å². The Morgan fingerprint density at radius 3 is 2.37 bits per heavy atom. The summed E-state index contributed by atoms with van der Waals surface area (Å²) in [6.07, 6.45) is 5.36. The summed E-state index contributed by atoms with van der Waals surface area (Å²) in [6, 6.07) is 23.5. The number of aromatic nitrogens is 2. The smallest absolute Gasteiger partial charge is 0.154 e. The number of benzene rings is 2. The predicted molar refractivity (Wildman–Crippen MR) is 143 cm³/mol. The average molecular weight is 464 g/mol. The highest BCUT2D eigenvalue weighted by molar-refractivity contribution is 6.30. The van der Waals surface area contributed by atoms with Gasteiger partial charge in [0.1, 0.15) is 11.7 Å². The van der Waals surface area contributed by atoms with E-state index in [9.17, 15) is 0 Å². The first kappa shape index (κ1) is 22.4. The maximum absolute atomic E-state index is 9.03. The molecule has 5 rings (SSSR count). The molecule has 2 aromatic carbocycles. The molecule has 0 saturated heterocycles. The Bertz CT molecular complexity index is 1360. The maximum atomic E-state index is 9.03. The van der Waals surface area contributed by atoms with Crippen LogP contribution in [0.5, 0.6) is 0 Å². The van der Waals surface area contributed by atoms with Gasteiger partial charge in [-0.2, -0.15) is 0 Å². The highest BCUT2D eigenvalue weighted by atomic mass is 15.2. The van der Waals surface area contributed by atoms with Crippen LogP contribution in [0.2, 0.25) is 0 Å². The Kier molecular flexibility index (Phi) is 6.32. The molecule has 0 saturated carbocycles. The number of amidine groups is 2. The summed E-state index contributed by atoms with van der Waals surface area (Å²) < 4.78 is 0. The SMILES string of the molecule is CCN(Cc1ccncc1)Cc1ccc(C(=N)N2C(=N)c3ccccc3Nc3ncccc32)cc1.[HH]. The van der Waals surface area contributed by atoms with E-state index in [0.29, 0.717) is 11.5 Å². The molecule has 3 heterocycles. The Labute approximate surface area is 206 Å². The van der Waals surface area contributed by atoms with Gasteiger partial charge in [-0.3, -0.25) is 25.6 Å². The molecule has 176 valence electrons. The first-order valence-corrected chi connectivity index (χ1v) is 11.6. The third-order valence-corrected chi connectivity index (χ3v) is 6.15. The molecule has 1 aliphatic rings. The maximum Gasteiger partial charge on any atom is 0.154 e. The molecule has 7 heteroatoms. The van der Waals surface area contributed by atoms with Crippen LogP contribution in [-0.4, -0.2) is 33.1 Å². The second-order valence-corrected chi connectivity index (χ2v) is 8.43. The molecule has 35 heavy (non-hydrogen) atoms. The van der Waals surface area contributed by atoms with Gasteiger partial charge in [-0.05, 0) is 54.1 Å². The van der Waals surface area contributed by atoms with E-state index in [1.807, 2.05) is 73.1 Å². The van der Waals surface area contributed by atoms with Crippen LogP contribution in [0.25, 0.3) is 0 Å². The predicted octanol–water partition coefficient (Wildman–Crippen LogP) is 5.66. The van der Waals surface area contributed by atoms with Crippen LogP contribution in [0.15, 0.2) is 91.4 Å². The first-order valence-electron chi connectivity index (χ1n) is 11.6. The van der Waals surface area contributed by atoms with Crippen LogP contribution in [0.1, 0.15) is 30.6 Å². The number of nitrogens with one attached hydrogen (secondary N) is 3. The minimum absolute atomic E-state index is 0. The summed E-state index contributed by atoms with van der Waals surface area (Å²) in [5, 5.41) is 21.3. The summed E-state index contributed by atoms with van der Waals surface area (Å²) in [5.41, 5.74) is 5.36. The van der Waals surface area contributed by atoms with Crippen molar-refractivity contribution in [3.8, 4) is 0 Å². The van der Waals surface area contributed by atoms with Gasteiger partial charge in [0, 0.05) is 44.2 Å². The Hall–Kier alpha value is -4.36. The lowest BCUT2D eigenvalue weighted by Gasteiger charge is -2.25. The number of rotatable bonds is 6. The molecule has 4 aromatic rings. The quantitative estimate of drug-likeness (QED) is 0.253. The van der Waals surface area contributed by atoms with Crippen molar-refractivity contribution >= 4 is 28.9 Å². The van der Waals surface area contributed by atoms with Crippen LogP contribution >= 0.6 is 0 Å². The molecule has 0 aliphatic carbocycles. The average Bonchev–Trinajstić information content (AvgIpc) is 3.02. The van der Waals surface area contributed by atoms with Gasteiger partial charge in [0.2, 0.25) is 0 Å². The summed E-state index contributed by atoms with van der Waals surface area (Å²) in [6.45, 7) is 4.77. The van der Waals surface area contributed by atoms with Crippen molar-refractivity contribution in [1.82, 2.24) is 14.9 Å². The van der Waals surface area contributed by atoms with Gasteiger partial charge in [-0.15, -0.1) is 0 Å². The van der Waals surface area contributed by atoms with E-state index in [1.54, 1.807) is 11.1 Å². The third-order valence-electron chi connectivity index (χ3n) is 6.15. The van der Waals surface area contributed by atoms with E-state index in [2.05, 4.69) is 39.2 Å². The van der Waals surface area contributed by atoms with Gasteiger partial charge in [0.25, 0.3) is 0 Å². The minimum Gasteiger partial charge on any atom is -0.338 e. The van der Waals surface area contributed by atoms with Crippen LogP contribution < -0.4 is 10.2 Å². The molecule has 0 unspecified atom stereocenters. The van der Waals surface area contributed by atoms with E-state index in [0.717, 1.165) is 36.4 Å². The van der Waals surface area contributed by atoms with Crippen LogP contribution in [0.3, 0.4) is 0 Å². The van der Waals surface area contributed by atoms with Crippen molar-refractivity contribution in [2.45, 2.75) is 20.0 Å². The van der Waals surface area contributed by atoms with Crippen molar-refractivity contribution in [2.24, 2.45) is 0 Å². The molecule has 1 aliphatic heterocycles. The third kappa shape index (κ3) is 4.67. The van der Waals surface area contributed by atoms with Gasteiger partial charge in [-0.1, -0.05) is 43.3 Å². The lowest BCUT2D eigenvalue weighted by molar-refractivity contribution is 0.271. The molecule has 0 atom stereocenters. The molecule has 3 N–H and O–H groups in total. The summed E-state index contributed by atoms with van der Waals surface area (Å²) in [5.74, 6) is 1.10. The minimum atomic E-state index is 0. The molecule has 0 radical (unpaired) electrons. The second kappa shape index (κ2) is 9.87. The lowest BCUT2D eigenvalue weighted by Crippen LogP contribution is -2.36. The monoisotopic (exact) mass is 463 g/mol. The lowest BCUT2D eigenvalue weighted by atomic mass is 10.1. The molecular formula is C28H29N7. The number of para-hydroxylation sites is 1. The van der Waals surface area contributed by atoms with Gasteiger partial charge in [0.15, 0.2) is 5.82 Å². The number of fused-ring (bicyclic) bond motifs is 2. The van der Waals surface area contributed by atoms with Crippen LogP contribution in [-0.2, 0) is 13.1 Å². The molecular weight excluding hydrogens is 434 g/mol. The Morgan fingerprint density at radius 1 is 0.914 bits per heavy atom. The van der Waals surface area contributed by atoms with E-state index in [1.165, 1.54) is 11.1 Å². The van der Waals surface area contributed by atoms with E-state index >= 15 is 0 Å². The van der Waals surface area contributed by atoms with E-state index in [-0.39, 0.29) is 13.1 Å². The van der Waals surface area contributed by atoms with Gasteiger partial charge >= 0.3 is 0 Å². The van der Waals surface area contributed by atoms with Gasteiger partial charge < -0.3 is 5.32 Å². The van der Waals surface area contributed by atoms with E-state index in [4.69, 9.17) is 10.8 Å². The number of nitrogens with zero attached hydrogens (tertiary/aromatic N) is 4. The zero-order chi connectivity index (χ0) is 24.2. The summed E-state index contributed by atoms with van der Waals surface area (Å²) >= 11 is 0. The number of anilines is 3. The Balaban J connectivity index is 0.00000304. The molecule has 7 nitrogen and oxygen atoms in total. The van der Waals surface area contributed by atoms with Crippen LogP contribution in [0.4, 0.5) is 17.2 Å². The molecule has 0 spiro atoms. The first-order chi connectivity index (χ1) is 17.1. The zero-order valence-corrected chi connectivity index (χ0v) is 19.6. The largest absolute Gasteiger partial charge is 0.338 e. The Morgan fingerprint density at radius 2 is 1.63 bits per heavy atom. The van der Waals surface area contributed by atoms with Crippen molar-refractivity contribution in [1.29, 1.82) is 10.8 Å². The summed E-state index contributed by atoms with van der Waals surface area (Å²) in [7, 11) is 0. The fourth-order valence-electron chi connectivity index (χ4n) is 4.25. The highest BCUT2D eigenvalue weighted by Gasteiger charge is 2.28. The fourth-order valence-corrected chi connectivity index (χ4v) is 4.25. The second-order valence-electron chi connectivity index (χ2n) is 8.43. The number of hydrogen-bond acceptors (Lipinski definition) is 6.